The first-order valence-corrected chi connectivity index (χ1v) is 6.99. The van der Waals surface area contributed by atoms with E-state index in [0.29, 0.717) is 18.4 Å². The van der Waals surface area contributed by atoms with E-state index in [1.165, 1.54) is 0 Å². The number of carboxylic acid groups (broad SMARTS) is 1. The van der Waals surface area contributed by atoms with Gasteiger partial charge in [0.25, 0.3) is 0 Å². The third kappa shape index (κ3) is 5.06. The number of aliphatic carboxylic acids is 1. The number of rotatable bonds is 7. The molecular weight excluding hydrogens is 248 g/mol. The van der Waals surface area contributed by atoms with Crippen molar-refractivity contribution in [3.8, 4) is 0 Å². The number of hydrogen-bond acceptors (Lipinski definition) is 3. The van der Waals surface area contributed by atoms with Crippen molar-refractivity contribution in [2.24, 2.45) is 11.8 Å². The van der Waals surface area contributed by atoms with Crippen LogP contribution in [0.15, 0.2) is 0 Å². The molecule has 0 radical (unpaired) electrons. The third-order valence-corrected chi connectivity index (χ3v) is 3.76. The molecule has 2 unspecified atom stereocenters. The van der Waals surface area contributed by atoms with Gasteiger partial charge in [0.05, 0.1) is 6.42 Å². The van der Waals surface area contributed by atoms with Crippen molar-refractivity contribution in [2.75, 3.05) is 19.8 Å². The Morgan fingerprint density at radius 1 is 1.32 bits per heavy atom. The normalized spacial score (nSPS) is 23.9. The number of ether oxygens (including phenoxy) is 1. The molecule has 0 aromatic carbocycles. The summed E-state index contributed by atoms with van der Waals surface area (Å²) < 4.78 is 5.27. The van der Waals surface area contributed by atoms with Gasteiger partial charge in [0, 0.05) is 25.8 Å². The summed E-state index contributed by atoms with van der Waals surface area (Å²) in [5.41, 5.74) is 0. The van der Waals surface area contributed by atoms with E-state index in [2.05, 4.69) is 10.6 Å². The van der Waals surface area contributed by atoms with Crippen LogP contribution in [0, 0.1) is 11.8 Å². The maximum atomic E-state index is 11.7. The summed E-state index contributed by atoms with van der Waals surface area (Å²) in [5.74, 6) is 0.0175. The lowest BCUT2D eigenvalue weighted by Gasteiger charge is -2.17. The van der Waals surface area contributed by atoms with Crippen molar-refractivity contribution in [3.63, 3.8) is 0 Å². The Bertz CT molecular complexity index is 325. The van der Waals surface area contributed by atoms with Crippen LogP contribution in [-0.4, -0.2) is 42.9 Å². The zero-order chi connectivity index (χ0) is 13.7. The van der Waals surface area contributed by atoms with Crippen molar-refractivity contribution >= 4 is 12.0 Å². The minimum Gasteiger partial charge on any atom is -0.481 e. The maximum absolute atomic E-state index is 11.7. The lowest BCUT2D eigenvalue weighted by atomic mass is 10.1. The molecule has 0 bridgehead atoms. The molecule has 1 saturated carbocycles. The zero-order valence-electron chi connectivity index (χ0n) is 11.1. The van der Waals surface area contributed by atoms with E-state index in [0.717, 1.165) is 38.9 Å². The molecule has 0 spiro atoms. The number of carbonyl (C=O) groups excluding carboxylic acids is 1. The number of hydrogen-bond donors (Lipinski definition) is 3. The van der Waals surface area contributed by atoms with Gasteiger partial charge in [-0.1, -0.05) is 0 Å². The highest BCUT2D eigenvalue weighted by atomic mass is 16.5. The molecule has 1 saturated heterocycles. The molecule has 3 N–H and O–H groups in total. The molecule has 0 aromatic rings. The van der Waals surface area contributed by atoms with E-state index < -0.39 is 5.97 Å². The fourth-order valence-electron chi connectivity index (χ4n) is 2.44. The monoisotopic (exact) mass is 270 g/mol. The number of nitrogens with one attached hydrogen (secondary N) is 2. The summed E-state index contributed by atoms with van der Waals surface area (Å²) >= 11 is 0. The molecule has 2 fully saturated rings. The minimum atomic E-state index is -0.861. The smallest absolute Gasteiger partial charge is 0.315 e. The molecule has 2 aliphatic rings. The summed E-state index contributed by atoms with van der Waals surface area (Å²) in [5, 5.41) is 14.4. The Labute approximate surface area is 112 Å². The molecule has 108 valence electrons. The number of urea groups is 1. The van der Waals surface area contributed by atoms with Gasteiger partial charge in [-0.2, -0.15) is 0 Å². The van der Waals surface area contributed by atoms with Crippen LogP contribution in [0.4, 0.5) is 4.79 Å². The van der Waals surface area contributed by atoms with Gasteiger partial charge < -0.3 is 20.5 Å². The Kier molecular flexibility index (Phi) is 5.01. The number of carboxylic acids is 1. The van der Waals surface area contributed by atoms with Gasteiger partial charge in [0.1, 0.15) is 0 Å². The molecule has 2 rings (SSSR count). The fraction of sp³-hybridized carbons (Fsp3) is 0.846. The van der Waals surface area contributed by atoms with Gasteiger partial charge in [0.15, 0.2) is 0 Å². The standard InChI is InChI=1S/C13H22N2O4/c16-12(17)7-11(10-1-2-10)15-13(18)14-5-3-9-4-6-19-8-9/h9-11H,1-8H2,(H,16,17)(H2,14,15,18). The predicted octanol–water partition coefficient (Wildman–Crippen LogP) is 0.965. The Morgan fingerprint density at radius 3 is 2.68 bits per heavy atom. The molecule has 19 heavy (non-hydrogen) atoms. The van der Waals surface area contributed by atoms with Crippen molar-refractivity contribution in [2.45, 2.75) is 38.1 Å². The highest BCUT2D eigenvalue weighted by Gasteiger charge is 2.33. The highest BCUT2D eigenvalue weighted by molar-refractivity contribution is 5.75. The largest absolute Gasteiger partial charge is 0.481 e. The minimum absolute atomic E-state index is 0.00848. The molecule has 6 nitrogen and oxygen atoms in total. The average molecular weight is 270 g/mol. The Hall–Kier alpha value is -1.30. The summed E-state index contributed by atoms with van der Waals surface area (Å²) in [4.78, 5) is 22.4. The SMILES string of the molecule is O=C(O)CC(NC(=O)NCCC1CCOC1)C1CC1. The summed E-state index contributed by atoms with van der Waals surface area (Å²) in [7, 11) is 0. The van der Waals surface area contributed by atoms with Gasteiger partial charge in [-0.25, -0.2) is 4.79 Å². The second kappa shape index (κ2) is 6.75. The zero-order valence-corrected chi connectivity index (χ0v) is 11.1. The van der Waals surface area contributed by atoms with Crippen LogP contribution in [0.2, 0.25) is 0 Å². The van der Waals surface area contributed by atoms with Crippen LogP contribution in [0.5, 0.6) is 0 Å². The molecule has 0 aromatic heterocycles. The first-order valence-electron chi connectivity index (χ1n) is 6.99. The topological polar surface area (TPSA) is 87.7 Å². The van der Waals surface area contributed by atoms with Crippen molar-refractivity contribution in [3.05, 3.63) is 0 Å². The molecular formula is C13H22N2O4. The quantitative estimate of drug-likeness (QED) is 0.643. The van der Waals surface area contributed by atoms with Crippen molar-refractivity contribution < 1.29 is 19.4 Å². The van der Waals surface area contributed by atoms with Crippen molar-refractivity contribution in [1.82, 2.24) is 10.6 Å². The van der Waals surface area contributed by atoms with Gasteiger partial charge in [-0.05, 0) is 37.5 Å². The molecule has 2 amide bonds. The molecule has 1 heterocycles. The summed E-state index contributed by atoms with van der Waals surface area (Å²) in [6.45, 7) is 2.22. The van der Waals surface area contributed by atoms with Crippen LogP contribution in [0.3, 0.4) is 0 Å². The lowest BCUT2D eigenvalue weighted by Crippen LogP contribution is -2.44. The Morgan fingerprint density at radius 2 is 2.11 bits per heavy atom. The third-order valence-electron chi connectivity index (χ3n) is 3.76. The maximum Gasteiger partial charge on any atom is 0.315 e. The van der Waals surface area contributed by atoms with Crippen LogP contribution >= 0.6 is 0 Å². The summed E-state index contributed by atoms with van der Waals surface area (Å²) in [6.07, 6.45) is 4.01. The average Bonchev–Trinajstić information content (AvgIpc) is 3.07. The number of carbonyl (C=O) groups is 2. The van der Waals surface area contributed by atoms with Gasteiger partial charge in [-0.15, -0.1) is 0 Å². The molecule has 1 aliphatic carbocycles. The van der Waals surface area contributed by atoms with Crippen LogP contribution in [-0.2, 0) is 9.53 Å². The lowest BCUT2D eigenvalue weighted by molar-refractivity contribution is -0.137. The first-order chi connectivity index (χ1) is 9.15. The second-order valence-corrected chi connectivity index (χ2v) is 5.46. The van der Waals surface area contributed by atoms with E-state index in [4.69, 9.17) is 9.84 Å². The Balaban J connectivity index is 1.62. The number of amides is 2. The van der Waals surface area contributed by atoms with E-state index >= 15 is 0 Å². The van der Waals surface area contributed by atoms with Gasteiger partial charge >= 0.3 is 12.0 Å². The van der Waals surface area contributed by atoms with Gasteiger partial charge in [0.2, 0.25) is 0 Å². The predicted molar refractivity (Wildman–Crippen MR) is 68.8 cm³/mol. The van der Waals surface area contributed by atoms with E-state index in [1.54, 1.807) is 0 Å². The van der Waals surface area contributed by atoms with Crippen LogP contribution < -0.4 is 10.6 Å². The van der Waals surface area contributed by atoms with E-state index in [1.807, 2.05) is 0 Å². The van der Waals surface area contributed by atoms with E-state index in [-0.39, 0.29) is 18.5 Å². The van der Waals surface area contributed by atoms with Crippen LogP contribution in [0.25, 0.3) is 0 Å². The molecule has 1 aliphatic heterocycles. The first kappa shape index (κ1) is 14.1. The fourth-order valence-corrected chi connectivity index (χ4v) is 2.44. The van der Waals surface area contributed by atoms with Crippen LogP contribution in [0.1, 0.15) is 32.1 Å². The van der Waals surface area contributed by atoms with Gasteiger partial charge in [-0.3, -0.25) is 4.79 Å². The second-order valence-electron chi connectivity index (χ2n) is 5.46. The molecule has 2 atom stereocenters. The van der Waals surface area contributed by atoms with Crippen molar-refractivity contribution in [1.29, 1.82) is 0 Å². The summed E-state index contributed by atoms with van der Waals surface area (Å²) in [6, 6.07) is -0.482. The highest BCUT2D eigenvalue weighted by Crippen LogP contribution is 2.33. The van der Waals surface area contributed by atoms with E-state index in [9.17, 15) is 9.59 Å². The molecule has 6 heteroatoms.